The number of carbonyl (C=O) groups is 1. The molecular weight excluding hydrogens is 150 g/mol. The minimum Gasteiger partial charge on any atom is -0.450 e. The average Bonchev–Trinajstić information content (AvgIpc) is 1.35. The van der Waals surface area contributed by atoms with Gasteiger partial charge in [-0.25, -0.2) is 4.79 Å². The van der Waals surface area contributed by atoms with E-state index in [0.717, 1.165) is 0 Å². The maximum Gasteiger partial charge on any atom is 0.507 e. The Balaban J connectivity index is 0. The molecule has 5 heteroatoms. The third-order valence-electron chi connectivity index (χ3n) is 0.207. The van der Waals surface area contributed by atoms with Crippen LogP contribution in [0.4, 0.5) is 4.79 Å². The molecule has 0 atom stereocenters. The Labute approximate surface area is 51.1 Å². The second-order valence-electron chi connectivity index (χ2n) is 0.577. The molecule has 0 aliphatic rings. The molecule has 0 aliphatic carbocycles. The Hall–Kier alpha value is -0.251. The van der Waals surface area contributed by atoms with Gasteiger partial charge in [0.15, 0.2) is 0 Å². The molecule has 7 heavy (non-hydrogen) atoms. The fourth-order valence-electron chi connectivity index (χ4n) is 0.0713. The molecule has 0 aromatic heterocycles. The molecule has 0 aliphatic heterocycles. The van der Waals surface area contributed by atoms with Gasteiger partial charge in [-0.15, -0.1) is 0 Å². The van der Waals surface area contributed by atoms with E-state index < -0.39 is 6.16 Å². The van der Waals surface area contributed by atoms with Crippen molar-refractivity contribution in [2.24, 2.45) is 5.73 Å². The van der Waals surface area contributed by atoms with E-state index in [-0.39, 0.29) is 23.8 Å². The number of hydrogen-bond donors (Lipinski definition) is 2. The summed E-state index contributed by atoms with van der Waals surface area (Å²) in [6.45, 7) is -0.269. The van der Waals surface area contributed by atoms with E-state index in [1.54, 1.807) is 0 Å². The molecule has 0 fully saturated rings. The molecule has 1 radical (unpaired) electrons. The summed E-state index contributed by atoms with van der Waals surface area (Å²) in [7, 11) is 0. The van der Waals surface area contributed by atoms with Crippen LogP contribution in [0.2, 0.25) is 0 Å². The zero-order valence-corrected chi connectivity index (χ0v) is 4.29. The molecule has 47 valence electrons. The van der Waals surface area contributed by atoms with Gasteiger partial charge in [-0.3, -0.25) is 5.73 Å². The van der Waals surface area contributed by atoms with Crippen molar-refractivity contribution in [1.82, 2.24) is 0 Å². The Morgan fingerprint density at radius 3 is 2.29 bits per heavy atom. The van der Waals surface area contributed by atoms with Gasteiger partial charge >= 0.3 is 6.16 Å². The first-order valence-corrected chi connectivity index (χ1v) is 1.33. The van der Waals surface area contributed by atoms with Gasteiger partial charge in [0.05, 0.1) is 0 Å². The van der Waals surface area contributed by atoms with Gasteiger partial charge in [-0.05, 0) is 0 Å². The third-order valence-corrected chi connectivity index (χ3v) is 0.207. The molecule has 3 N–H and O–H groups in total. The molecule has 0 aromatic rings. The molecule has 0 amide bonds. The Morgan fingerprint density at radius 2 is 2.29 bits per heavy atom. The molecule has 0 rings (SSSR count). The molecule has 0 bridgehead atoms. The van der Waals surface area contributed by atoms with Crippen molar-refractivity contribution < 1.29 is 31.7 Å². The van der Waals surface area contributed by atoms with Crippen LogP contribution in [-0.4, -0.2) is 18.0 Å². The maximum atomic E-state index is 9.30. The van der Waals surface area contributed by atoms with Crippen LogP contribution in [0.25, 0.3) is 0 Å². The second-order valence-corrected chi connectivity index (χ2v) is 0.577. The number of carboxylic acid groups (broad SMARTS) is 1. The monoisotopic (exact) mass is 154 g/mol. The summed E-state index contributed by atoms with van der Waals surface area (Å²) in [6, 6.07) is 0. The predicted molar refractivity (Wildman–Crippen MR) is 18.2 cm³/mol. The van der Waals surface area contributed by atoms with E-state index in [0.29, 0.717) is 0 Å². The minimum absolute atomic E-state index is 0. The van der Waals surface area contributed by atoms with E-state index >= 15 is 0 Å². The zero-order chi connectivity index (χ0) is 4.99. The Kier molecular flexibility index (Phi) is 8.12. The summed E-state index contributed by atoms with van der Waals surface area (Å²) in [4.78, 5) is 9.30. The quantitative estimate of drug-likeness (QED) is 0.306. The third kappa shape index (κ3) is 10.7. The number of ether oxygens (including phenoxy) is 1. The first-order chi connectivity index (χ1) is 2.77. The zero-order valence-electron chi connectivity index (χ0n) is 3.35. The van der Waals surface area contributed by atoms with Crippen LogP contribution in [0.1, 0.15) is 0 Å². The van der Waals surface area contributed by atoms with Gasteiger partial charge < -0.3 is 9.84 Å². The van der Waals surface area contributed by atoms with Crippen molar-refractivity contribution in [3.63, 3.8) is 0 Å². The second kappa shape index (κ2) is 5.75. The molecule has 0 saturated carbocycles. The van der Waals surface area contributed by atoms with Gasteiger partial charge in [0.2, 0.25) is 0 Å². The van der Waals surface area contributed by atoms with E-state index in [1.807, 2.05) is 0 Å². The number of nitrogens with two attached hydrogens (primary N) is 1. The first-order valence-electron chi connectivity index (χ1n) is 1.33. The van der Waals surface area contributed by atoms with Crippen LogP contribution in [0.5, 0.6) is 0 Å². The standard InChI is InChI=1S/C2H5NO3.Cu/c3-1-6-2(4)5;/h1,3H2,(H,4,5);. The van der Waals surface area contributed by atoms with Crippen molar-refractivity contribution in [3.8, 4) is 0 Å². The van der Waals surface area contributed by atoms with E-state index in [4.69, 9.17) is 5.11 Å². The number of hydrogen-bond acceptors (Lipinski definition) is 3. The van der Waals surface area contributed by atoms with Gasteiger partial charge in [0.25, 0.3) is 0 Å². The first kappa shape index (κ1) is 9.89. The minimum atomic E-state index is -1.34. The smallest absolute Gasteiger partial charge is 0.450 e. The fourth-order valence-corrected chi connectivity index (χ4v) is 0.0713. The topological polar surface area (TPSA) is 72.5 Å². The van der Waals surface area contributed by atoms with Crippen molar-refractivity contribution in [2.45, 2.75) is 0 Å². The van der Waals surface area contributed by atoms with Gasteiger partial charge in [-0.1, -0.05) is 0 Å². The van der Waals surface area contributed by atoms with Gasteiger partial charge in [0, 0.05) is 17.1 Å². The molecule has 0 heterocycles. The Bertz CT molecular complexity index is 56.9. The molecule has 4 nitrogen and oxygen atoms in total. The van der Waals surface area contributed by atoms with Crippen LogP contribution < -0.4 is 5.73 Å². The van der Waals surface area contributed by atoms with Gasteiger partial charge in [-0.2, -0.15) is 0 Å². The summed E-state index contributed by atoms with van der Waals surface area (Å²) >= 11 is 0. The van der Waals surface area contributed by atoms with Crippen LogP contribution >= 0.6 is 0 Å². The van der Waals surface area contributed by atoms with Gasteiger partial charge in [0.1, 0.15) is 6.73 Å². The molecule has 0 unspecified atom stereocenters. The van der Waals surface area contributed by atoms with Crippen molar-refractivity contribution in [2.75, 3.05) is 6.73 Å². The predicted octanol–water partition coefficient (Wildman–Crippen LogP) is -0.405. The van der Waals surface area contributed by atoms with Crippen LogP contribution in [0, 0.1) is 0 Å². The summed E-state index contributed by atoms with van der Waals surface area (Å²) in [5, 5.41) is 7.61. The Morgan fingerprint density at radius 1 is 1.86 bits per heavy atom. The largest absolute Gasteiger partial charge is 0.507 e. The normalized spacial score (nSPS) is 6.43. The van der Waals surface area contributed by atoms with Crippen LogP contribution in [-0.2, 0) is 21.8 Å². The van der Waals surface area contributed by atoms with Crippen LogP contribution in [0.15, 0.2) is 0 Å². The fraction of sp³-hybridized carbons (Fsp3) is 0.500. The molecular formula is C2H5CuNO3. The average molecular weight is 155 g/mol. The van der Waals surface area contributed by atoms with E-state index in [1.165, 1.54) is 0 Å². The summed E-state index contributed by atoms with van der Waals surface area (Å²) in [6.07, 6.45) is -1.34. The maximum absolute atomic E-state index is 9.30. The molecule has 0 saturated heterocycles. The van der Waals surface area contributed by atoms with Crippen LogP contribution in [0.3, 0.4) is 0 Å². The van der Waals surface area contributed by atoms with Crippen molar-refractivity contribution >= 4 is 6.16 Å². The molecule has 0 aromatic carbocycles. The summed E-state index contributed by atoms with van der Waals surface area (Å²) in [5.41, 5.74) is 4.63. The van der Waals surface area contributed by atoms with Crippen molar-refractivity contribution in [1.29, 1.82) is 0 Å². The summed E-state index contributed by atoms with van der Waals surface area (Å²) < 4.78 is 3.74. The summed E-state index contributed by atoms with van der Waals surface area (Å²) in [5.74, 6) is 0. The van der Waals surface area contributed by atoms with E-state index in [9.17, 15) is 4.79 Å². The van der Waals surface area contributed by atoms with Crippen molar-refractivity contribution in [3.05, 3.63) is 0 Å². The van der Waals surface area contributed by atoms with E-state index in [2.05, 4.69) is 10.5 Å². The molecule has 0 spiro atoms. The number of rotatable bonds is 1. The SMILES string of the molecule is NCOC(=O)O.[Cu].